The van der Waals surface area contributed by atoms with Gasteiger partial charge in [-0.15, -0.1) is 11.3 Å². The summed E-state index contributed by atoms with van der Waals surface area (Å²) in [5.74, 6) is 1.71. The molecule has 2 unspecified atom stereocenters. The number of aliphatic hydroxyl groups excluding tert-OH is 1. The van der Waals surface area contributed by atoms with Crippen molar-refractivity contribution in [3.05, 3.63) is 11.1 Å². The van der Waals surface area contributed by atoms with E-state index in [9.17, 15) is 5.11 Å². The molecule has 1 aliphatic rings. The maximum atomic E-state index is 9.85. The third kappa shape index (κ3) is 3.97. The normalized spacial score (nSPS) is 26.2. The second kappa shape index (κ2) is 7.78. The average Bonchev–Trinajstić information content (AvgIpc) is 3.04. The van der Waals surface area contributed by atoms with Gasteiger partial charge in [0.2, 0.25) is 0 Å². The smallest absolute Gasteiger partial charge is 0.150 e. The number of aromatic nitrogens is 1. The first kappa shape index (κ1) is 16.3. The van der Waals surface area contributed by atoms with Gasteiger partial charge in [-0.05, 0) is 45.1 Å². The molecule has 1 aromatic heterocycles. The van der Waals surface area contributed by atoms with E-state index in [-0.39, 0.29) is 12.1 Å². The lowest BCUT2D eigenvalue weighted by molar-refractivity contribution is 0.122. The lowest BCUT2D eigenvalue weighted by Gasteiger charge is -2.35. The number of hydrogen-bond acceptors (Lipinski definition) is 5. The van der Waals surface area contributed by atoms with Crippen molar-refractivity contribution in [1.82, 2.24) is 10.3 Å². The van der Waals surface area contributed by atoms with E-state index in [0.29, 0.717) is 5.92 Å². The second-order valence-corrected chi connectivity index (χ2v) is 7.92. The van der Waals surface area contributed by atoms with E-state index in [1.54, 1.807) is 11.3 Å². The van der Waals surface area contributed by atoms with E-state index < -0.39 is 0 Å². The Balaban J connectivity index is 1.83. The Morgan fingerprint density at radius 2 is 2.45 bits per heavy atom. The summed E-state index contributed by atoms with van der Waals surface area (Å²) in [6.07, 6.45) is 5.90. The Kier molecular flexibility index (Phi) is 6.33. The van der Waals surface area contributed by atoms with Crippen LogP contribution in [0.4, 0.5) is 0 Å². The molecule has 1 fully saturated rings. The van der Waals surface area contributed by atoms with Crippen LogP contribution in [0.25, 0.3) is 0 Å². The van der Waals surface area contributed by atoms with Crippen molar-refractivity contribution in [3.8, 4) is 0 Å². The molecule has 2 rings (SSSR count). The van der Waals surface area contributed by atoms with Crippen molar-refractivity contribution in [2.24, 2.45) is 5.92 Å². The fraction of sp³-hybridized carbons (Fsp3) is 0.800. The molecule has 5 heteroatoms. The molecule has 0 radical (unpaired) electrons. The van der Waals surface area contributed by atoms with Crippen molar-refractivity contribution in [2.45, 2.75) is 55.8 Å². The van der Waals surface area contributed by atoms with E-state index in [1.165, 1.54) is 23.6 Å². The molecule has 114 valence electrons. The molecule has 0 spiro atoms. The molecule has 2 N–H and O–H groups in total. The van der Waals surface area contributed by atoms with E-state index in [1.807, 2.05) is 18.7 Å². The fourth-order valence-electron chi connectivity index (χ4n) is 3.12. The van der Waals surface area contributed by atoms with Crippen LogP contribution in [0.1, 0.15) is 44.7 Å². The summed E-state index contributed by atoms with van der Waals surface area (Å²) in [4.78, 5) is 4.50. The number of nitrogens with one attached hydrogen (secondary N) is 1. The molecule has 1 saturated carbocycles. The number of aliphatic hydroxyl groups is 1. The number of hydrogen-bond donors (Lipinski definition) is 2. The Bertz CT molecular complexity index is 410. The summed E-state index contributed by atoms with van der Waals surface area (Å²) in [6.45, 7) is 5.51. The summed E-state index contributed by atoms with van der Waals surface area (Å²) in [7, 11) is 0. The van der Waals surface area contributed by atoms with Crippen LogP contribution in [0.2, 0.25) is 0 Å². The molecule has 2 atom stereocenters. The molecule has 0 saturated heterocycles. The maximum absolute atomic E-state index is 9.85. The van der Waals surface area contributed by atoms with E-state index in [0.717, 1.165) is 30.8 Å². The fourth-order valence-corrected chi connectivity index (χ4v) is 5.10. The van der Waals surface area contributed by atoms with Crippen LogP contribution in [-0.4, -0.2) is 34.5 Å². The second-order valence-electron chi connectivity index (χ2n) is 5.72. The van der Waals surface area contributed by atoms with Gasteiger partial charge in [0.1, 0.15) is 4.34 Å². The van der Waals surface area contributed by atoms with Crippen LogP contribution >= 0.6 is 23.1 Å². The van der Waals surface area contributed by atoms with Crippen molar-refractivity contribution in [2.75, 3.05) is 18.9 Å². The molecule has 0 amide bonds. The highest BCUT2D eigenvalue weighted by Gasteiger charge is 2.41. The zero-order valence-corrected chi connectivity index (χ0v) is 14.2. The number of thioether (sulfide) groups is 1. The SMILES string of the molecule is CCCNC1(CO)CCCC1CCSc1nc(C)cs1. The van der Waals surface area contributed by atoms with Gasteiger partial charge in [-0.2, -0.15) is 0 Å². The minimum Gasteiger partial charge on any atom is -0.394 e. The van der Waals surface area contributed by atoms with Gasteiger partial charge in [-0.1, -0.05) is 25.1 Å². The third-order valence-corrected chi connectivity index (χ3v) is 6.43. The van der Waals surface area contributed by atoms with Gasteiger partial charge in [-0.3, -0.25) is 0 Å². The molecule has 3 nitrogen and oxygen atoms in total. The standard InChI is InChI=1S/C15H26N2OS2/c1-3-8-16-15(11-18)7-4-5-13(15)6-9-19-14-17-12(2)10-20-14/h10,13,16,18H,3-9,11H2,1-2H3. The van der Waals surface area contributed by atoms with Crippen molar-refractivity contribution in [1.29, 1.82) is 0 Å². The average molecular weight is 315 g/mol. The minimum atomic E-state index is -0.0185. The topological polar surface area (TPSA) is 45.1 Å². The number of rotatable bonds is 8. The highest BCUT2D eigenvalue weighted by atomic mass is 32.2. The number of thiazole rings is 1. The van der Waals surface area contributed by atoms with Crippen LogP contribution in [0.3, 0.4) is 0 Å². The minimum absolute atomic E-state index is 0.0185. The third-order valence-electron chi connectivity index (χ3n) is 4.26. The maximum Gasteiger partial charge on any atom is 0.150 e. The Labute approximate surface area is 130 Å². The van der Waals surface area contributed by atoms with E-state index >= 15 is 0 Å². The molecular formula is C15H26N2OS2. The van der Waals surface area contributed by atoms with E-state index in [4.69, 9.17) is 0 Å². The first-order valence-electron chi connectivity index (χ1n) is 7.61. The van der Waals surface area contributed by atoms with Gasteiger partial charge in [0.25, 0.3) is 0 Å². The number of aryl methyl sites for hydroxylation is 1. The van der Waals surface area contributed by atoms with Crippen LogP contribution in [0.5, 0.6) is 0 Å². The zero-order valence-electron chi connectivity index (χ0n) is 12.5. The monoisotopic (exact) mass is 314 g/mol. The van der Waals surface area contributed by atoms with Gasteiger partial charge in [-0.25, -0.2) is 4.98 Å². The lowest BCUT2D eigenvalue weighted by atomic mass is 9.85. The van der Waals surface area contributed by atoms with Crippen molar-refractivity contribution < 1.29 is 5.11 Å². The summed E-state index contributed by atoms with van der Waals surface area (Å²) in [6, 6.07) is 0. The Morgan fingerprint density at radius 1 is 1.60 bits per heavy atom. The summed E-state index contributed by atoms with van der Waals surface area (Å²) < 4.78 is 1.18. The van der Waals surface area contributed by atoms with Gasteiger partial charge in [0, 0.05) is 22.4 Å². The summed E-state index contributed by atoms with van der Waals surface area (Å²) in [5, 5.41) is 15.6. The number of nitrogens with zero attached hydrogens (tertiary/aromatic N) is 1. The summed E-state index contributed by atoms with van der Waals surface area (Å²) in [5.41, 5.74) is 1.10. The molecule has 1 aromatic rings. The Hall–Kier alpha value is -0.100. The highest BCUT2D eigenvalue weighted by Crippen LogP contribution is 2.39. The largest absolute Gasteiger partial charge is 0.394 e. The van der Waals surface area contributed by atoms with Gasteiger partial charge >= 0.3 is 0 Å². The summed E-state index contributed by atoms with van der Waals surface area (Å²) >= 11 is 3.60. The molecule has 20 heavy (non-hydrogen) atoms. The van der Waals surface area contributed by atoms with Gasteiger partial charge in [0.05, 0.1) is 6.61 Å². The van der Waals surface area contributed by atoms with Crippen LogP contribution in [-0.2, 0) is 0 Å². The molecule has 0 aliphatic heterocycles. The van der Waals surface area contributed by atoms with E-state index in [2.05, 4.69) is 22.6 Å². The molecule has 0 aromatic carbocycles. The quantitative estimate of drug-likeness (QED) is 0.721. The first-order chi connectivity index (χ1) is 9.70. The van der Waals surface area contributed by atoms with Crippen molar-refractivity contribution in [3.63, 3.8) is 0 Å². The Morgan fingerprint density at radius 3 is 3.10 bits per heavy atom. The van der Waals surface area contributed by atoms with Crippen LogP contribution in [0.15, 0.2) is 9.72 Å². The highest BCUT2D eigenvalue weighted by molar-refractivity contribution is 8.00. The molecule has 1 aliphatic carbocycles. The zero-order chi connectivity index (χ0) is 14.4. The van der Waals surface area contributed by atoms with Gasteiger partial charge in [0.15, 0.2) is 0 Å². The van der Waals surface area contributed by atoms with Crippen molar-refractivity contribution >= 4 is 23.1 Å². The van der Waals surface area contributed by atoms with Crippen LogP contribution in [0, 0.1) is 12.8 Å². The van der Waals surface area contributed by atoms with Crippen LogP contribution < -0.4 is 5.32 Å². The first-order valence-corrected chi connectivity index (χ1v) is 9.47. The lowest BCUT2D eigenvalue weighted by Crippen LogP contribution is -2.51. The molecular weight excluding hydrogens is 288 g/mol. The predicted molar refractivity (Wildman–Crippen MR) is 87.6 cm³/mol. The molecule has 0 bridgehead atoms. The van der Waals surface area contributed by atoms with Gasteiger partial charge < -0.3 is 10.4 Å². The molecule has 1 heterocycles. The predicted octanol–water partition coefficient (Wildman–Crippen LogP) is 3.46.